The zero-order valence-electron chi connectivity index (χ0n) is 26.8. The molecule has 240 valence electrons. The molecule has 0 atom stereocenters. The van der Waals surface area contributed by atoms with Gasteiger partial charge in [0.05, 0.1) is 18.9 Å². The summed E-state index contributed by atoms with van der Waals surface area (Å²) in [5.74, 6) is 0.975. The number of piperazine rings is 1. The molecule has 2 aromatic heterocycles. The summed E-state index contributed by atoms with van der Waals surface area (Å²) >= 11 is 0. The van der Waals surface area contributed by atoms with Gasteiger partial charge in [-0.3, -0.25) is 14.7 Å². The van der Waals surface area contributed by atoms with E-state index in [-0.39, 0.29) is 11.9 Å². The van der Waals surface area contributed by atoms with Crippen LogP contribution in [-0.2, 0) is 15.9 Å². The van der Waals surface area contributed by atoms with Gasteiger partial charge in [-0.05, 0) is 74.7 Å². The van der Waals surface area contributed by atoms with Gasteiger partial charge in [-0.2, -0.15) is 5.10 Å². The van der Waals surface area contributed by atoms with Gasteiger partial charge in [0.2, 0.25) is 0 Å². The molecule has 1 aliphatic heterocycles. The molecule has 0 spiro atoms. The van der Waals surface area contributed by atoms with Gasteiger partial charge in [0.1, 0.15) is 23.7 Å². The molecule has 1 aliphatic carbocycles. The summed E-state index contributed by atoms with van der Waals surface area (Å²) < 4.78 is 19.1. The lowest BCUT2D eigenvalue weighted by Gasteiger charge is -2.35. The monoisotopic (exact) mass is 623 g/mol. The van der Waals surface area contributed by atoms with E-state index in [2.05, 4.69) is 16.0 Å². The average Bonchev–Trinajstić information content (AvgIpc) is 3.67. The molecular formula is C36H41N5O5. The van der Waals surface area contributed by atoms with Crippen LogP contribution in [0.5, 0.6) is 5.75 Å². The fourth-order valence-corrected chi connectivity index (χ4v) is 5.75. The number of hydrogen-bond donors (Lipinski definition) is 0. The van der Waals surface area contributed by atoms with Crippen LogP contribution in [-0.4, -0.2) is 94.6 Å². The molecule has 10 heteroatoms. The van der Waals surface area contributed by atoms with Crippen molar-refractivity contribution >= 4 is 11.9 Å². The molecule has 46 heavy (non-hydrogen) atoms. The van der Waals surface area contributed by atoms with Gasteiger partial charge in [-0.25, -0.2) is 9.48 Å². The molecule has 4 aromatic rings. The first-order chi connectivity index (χ1) is 22.2. The minimum absolute atomic E-state index is 0.215. The Hall–Kier alpha value is -4.54. The number of pyridine rings is 1. The highest BCUT2D eigenvalue weighted by molar-refractivity contribution is 6.01. The highest BCUT2D eigenvalue weighted by atomic mass is 16.6. The van der Waals surface area contributed by atoms with Crippen molar-refractivity contribution in [1.82, 2.24) is 24.6 Å². The van der Waals surface area contributed by atoms with Gasteiger partial charge in [-0.15, -0.1) is 0 Å². The predicted molar refractivity (Wildman–Crippen MR) is 175 cm³/mol. The normalized spacial score (nSPS) is 15.2. The maximum absolute atomic E-state index is 12.3. The highest BCUT2D eigenvalue weighted by Crippen LogP contribution is 2.35. The third-order valence-corrected chi connectivity index (χ3v) is 8.18. The molecular weight excluding hydrogens is 582 g/mol. The minimum atomic E-state index is -0.478. The molecule has 0 bridgehead atoms. The molecule has 10 nitrogen and oxygen atoms in total. The molecule has 2 aliphatic rings. The van der Waals surface area contributed by atoms with E-state index in [0.717, 1.165) is 71.0 Å². The van der Waals surface area contributed by atoms with Gasteiger partial charge >= 0.3 is 6.09 Å². The van der Waals surface area contributed by atoms with Crippen molar-refractivity contribution in [2.45, 2.75) is 39.2 Å². The Labute approximate surface area is 269 Å². The van der Waals surface area contributed by atoms with Crippen LogP contribution in [0.15, 0.2) is 73.2 Å². The lowest BCUT2D eigenvalue weighted by Crippen LogP contribution is -2.50. The third kappa shape index (κ3) is 7.63. The Bertz CT molecular complexity index is 1650. The van der Waals surface area contributed by atoms with Crippen LogP contribution in [0.1, 0.15) is 43.1 Å². The number of carbonyl (C=O) groups is 2. The maximum Gasteiger partial charge on any atom is 0.410 e. The standard InChI is InChI=1S/C36H41N5O5/c1-36(2,3)46-35(43)40-18-16-39(17-19-40)20-21-44-22-23-45-30-8-6-29(7-9-30)41-25-32(34(38-41)26-12-14-37-15-13-26)28-4-10-31-27(24-28)5-11-33(31)42/h4,6-10,12-15,24-25H,5,11,16-23H2,1-3H3. The summed E-state index contributed by atoms with van der Waals surface area (Å²) in [4.78, 5) is 32.7. The number of fused-ring (bicyclic) bond motifs is 1. The van der Waals surface area contributed by atoms with Gasteiger partial charge in [0.25, 0.3) is 0 Å². The van der Waals surface area contributed by atoms with Crippen molar-refractivity contribution < 1.29 is 23.8 Å². The number of ketones is 1. The molecule has 0 unspecified atom stereocenters. The van der Waals surface area contributed by atoms with Crippen molar-refractivity contribution in [3.05, 3.63) is 84.3 Å². The van der Waals surface area contributed by atoms with Crippen molar-refractivity contribution in [2.24, 2.45) is 0 Å². The van der Waals surface area contributed by atoms with Crippen LogP contribution in [0.4, 0.5) is 4.79 Å². The van der Waals surface area contributed by atoms with E-state index in [1.807, 2.05) is 80.2 Å². The number of rotatable bonds is 10. The zero-order chi connectivity index (χ0) is 32.1. The van der Waals surface area contributed by atoms with Crippen LogP contribution >= 0.6 is 0 Å². The van der Waals surface area contributed by atoms with Crippen molar-refractivity contribution in [3.8, 4) is 33.8 Å². The molecule has 0 N–H and O–H groups in total. The zero-order valence-corrected chi connectivity index (χ0v) is 26.8. The summed E-state index contributed by atoms with van der Waals surface area (Å²) in [7, 11) is 0. The van der Waals surface area contributed by atoms with Crippen molar-refractivity contribution in [2.75, 3.05) is 52.5 Å². The largest absolute Gasteiger partial charge is 0.491 e. The van der Waals surface area contributed by atoms with Gasteiger partial charge in [0.15, 0.2) is 5.78 Å². The number of Topliss-reactive ketones (excluding diaryl/α,β-unsaturated/α-hetero) is 1. The number of aromatic nitrogens is 3. The smallest absolute Gasteiger partial charge is 0.410 e. The first-order valence-corrected chi connectivity index (χ1v) is 15.9. The first-order valence-electron chi connectivity index (χ1n) is 15.9. The van der Waals surface area contributed by atoms with Gasteiger partial charge < -0.3 is 19.1 Å². The Morgan fingerprint density at radius 2 is 1.61 bits per heavy atom. The summed E-state index contributed by atoms with van der Waals surface area (Å²) in [5.41, 5.74) is 6.22. The fraction of sp³-hybridized carbons (Fsp3) is 0.389. The fourth-order valence-electron chi connectivity index (χ4n) is 5.75. The number of benzene rings is 2. The topological polar surface area (TPSA) is 99.0 Å². The molecule has 1 fully saturated rings. The number of ether oxygens (including phenoxy) is 3. The maximum atomic E-state index is 12.3. The van der Waals surface area contributed by atoms with Crippen LogP contribution < -0.4 is 4.74 Å². The predicted octanol–water partition coefficient (Wildman–Crippen LogP) is 5.68. The van der Waals surface area contributed by atoms with E-state index in [1.54, 1.807) is 17.3 Å². The van der Waals surface area contributed by atoms with E-state index in [9.17, 15) is 9.59 Å². The van der Waals surface area contributed by atoms with Crippen LogP contribution in [0.3, 0.4) is 0 Å². The Kier molecular flexibility index (Phi) is 9.46. The number of aryl methyl sites for hydroxylation is 1. The minimum Gasteiger partial charge on any atom is -0.491 e. The first kappa shape index (κ1) is 31.4. The van der Waals surface area contributed by atoms with E-state index >= 15 is 0 Å². The Morgan fingerprint density at radius 3 is 2.35 bits per heavy atom. The summed E-state index contributed by atoms with van der Waals surface area (Å²) in [5, 5.41) is 4.96. The second-order valence-electron chi connectivity index (χ2n) is 12.6. The van der Waals surface area contributed by atoms with Crippen LogP contribution in [0.25, 0.3) is 28.1 Å². The van der Waals surface area contributed by atoms with Crippen LogP contribution in [0.2, 0.25) is 0 Å². The van der Waals surface area contributed by atoms with E-state index < -0.39 is 5.60 Å². The second kappa shape index (κ2) is 13.8. The number of nitrogens with zero attached hydrogens (tertiary/aromatic N) is 5. The molecule has 0 radical (unpaired) electrons. The number of amides is 1. The number of carbonyl (C=O) groups excluding carboxylic acids is 2. The van der Waals surface area contributed by atoms with Crippen molar-refractivity contribution in [1.29, 1.82) is 0 Å². The Balaban J connectivity index is 0.998. The lowest BCUT2D eigenvalue weighted by molar-refractivity contribution is 0.0108. The molecule has 0 saturated carbocycles. The van der Waals surface area contributed by atoms with Crippen molar-refractivity contribution in [3.63, 3.8) is 0 Å². The lowest BCUT2D eigenvalue weighted by atomic mass is 9.98. The van der Waals surface area contributed by atoms with E-state index in [0.29, 0.717) is 39.3 Å². The molecule has 1 saturated heterocycles. The van der Waals surface area contributed by atoms with E-state index in [1.165, 1.54) is 0 Å². The molecule has 3 heterocycles. The van der Waals surface area contributed by atoms with Gasteiger partial charge in [-0.1, -0.05) is 18.2 Å². The summed E-state index contributed by atoms with van der Waals surface area (Å²) in [6.07, 6.45) is 6.69. The summed E-state index contributed by atoms with van der Waals surface area (Å²) in [6, 6.07) is 17.8. The second-order valence-corrected chi connectivity index (χ2v) is 12.6. The van der Waals surface area contributed by atoms with E-state index in [4.69, 9.17) is 19.3 Å². The average molecular weight is 624 g/mol. The summed E-state index contributed by atoms with van der Waals surface area (Å²) in [6.45, 7) is 11.0. The third-order valence-electron chi connectivity index (χ3n) is 8.18. The molecule has 2 aromatic carbocycles. The number of hydrogen-bond acceptors (Lipinski definition) is 8. The Morgan fingerprint density at radius 1 is 0.848 bits per heavy atom. The van der Waals surface area contributed by atoms with Crippen LogP contribution in [0, 0.1) is 0 Å². The van der Waals surface area contributed by atoms with Gasteiger partial charge in [0, 0.05) is 74.4 Å². The molecule has 6 rings (SSSR count). The SMILES string of the molecule is CC(C)(C)OC(=O)N1CCN(CCOCCOc2ccc(-n3cc(-c4ccc5c(c4)CCC5=O)c(-c4ccncc4)n3)cc2)CC1. The highest BCUT2D eigenvalue weighted by Gasteiger charge is 2.26. The molecule has 1 amide bonds. The quantitative estimate of drug-likeness (QED) is 0.208.